The summed E-state index contributed by atoms with van der Waals surface area (Å²) >= 11 is 5.31. The van der Waals surface area contributed by atoms with Crippen molar-refractivity contribution >= 4 is 23.6 Å². The Morgan fingerprint density at radius 3 is 2.60 bits per heavy atom. The van der Waals surface area contributed by atoms with Crippen LogP contribution in [0.1, 0.15) is 22.5 Å². The molecule has 0 saturated heterocycles. The Balaban J connectivity index is 3.44. The SMILES string of the molecule is O=Cc1cc(C(F)F)nc(Cl)c1[N+](=O)[O-]. The monoisotopic (exact) mass is 236 g/mol. The third-order valence-corrected chi connectivity index (χ3v) is 1.80. The number of carbonyl (C=O) groups excluding carboxylic acids is 1. The molecule has 1 heterocycles. The fourth-order valence-corrected chi connectivity index (χ4v) is 1.20. The van der Waals surface area contributed by atoms with E-state index in [0.717, 1.165) is 0 Å². The van der Waals surface area contributed by atoms with Gasteiger partial charge >= 0.3 is 5.69 Å². The van der Waals surface area contributed by atoms with Crippen molar-refractivity contribution in [2.75, 3.05) is 0 Å². The lowest BCUT2D eigenvalue weighted by Gasteiger charge is -2.02. The van der Waals surface area contributed by atoms with Crippen molar-refractivity contribution in [3.63, 3.8) is 0 Å². The van der Waals surface area contributed by atoms with Crippen LogP contribution in [-0.2, 0) is 0 Å². The predicted molar refractivity (Wildman–Crippen MR) is 46.2 cm³/mol. The Bertz CT molecular complexity index is 425. The molecule has 15 heavy (non-hydrogen) atoms. The lowest BCUT2D eigenvalue weighted by Crippen LogP contribution is -2.01. The zero-order chi connectivity index (χ0) is 11.6. The number of halogens is 3. The zero-order valence-electron chi connectivity index (χ0n) is 6.99. The highest BCUT2D eigenvalue weighted by atomic mass is 35.5. The molecular weight excluding hydrogens is 234 g/mol. The second kappa shape index (κ2) is 4.26. The van der Waals surface area contributed by atoms with Crippen LogP contribution < -0.4 is 0 Å². The maximum absolute atomic E-state index is 12.2. The van der Waals surface area contributed by atoms with E-state index >= 15 is 0 Å². The maximum atomic E-state index is 12.2. The number of rotatable bonds is 3. The van der Waals surface area contributed by atoms with Crippen LogP contribution in [0.3, 0.4) is 0 Å². The molecule has 0 radical (unpaired) electrons. The van der Waals surface area contributed by atoms with E-state index in [9.17, 15) is 23.7 Å². The lowest BCUT2D eigenvalue weighted by molar-refractivity contribution is -0.385. The van der Waals surface area contributed by atoms with E-state index in [-0.39, 0.29) is 6.29 Å². The van der Waals surface area contributed by atoms with Gasteiger partial charge in [-0.1, -0.05) is 11.6 Å². The van der Waals surface area contributed by atoms with E-state index in [1.165, 1.54) is 0 Å². The Hall–Kier alpha value is -1.63. The van der Waals surface area contributed by atoms with Crippen molar-refractivity contribution < 1.29 is 18.5 Å². The number of nitro groups is 1. The predicted octanol–water partition coefficient (Wildman–Crippen LogP) is 2.39. The van der Waals surface area contributed by atoms with E-state index in [4.69, 9.17) is 11.6 Å². The molecular formula is C7H3ClF2N2O3. The molecule has 0 spiro atoms. The minimum atomic E-state index is -2.94. The van der Waals surface area contributed by atoms with Gasteiger partial charge in [-0.25, -0.2) is 13.8 Å². The molecule has 1 aromatic rings. The average Bonchev–Trinajstić information content (AvgIpc) is 2.15. The molecule has 0 saturated carbocycles. The molecule has 0 N–H and O–H groups in total. The fourth-order valence-electron chi connectivity index (χ4n) is 0.928. The van der Waals surface area contributed by atoms with Crippen LogP contribution in [0, 0.1) is 10.1 Å². The van der Waals surface area contributed by atoms with Crippen LogP contribution >= 0.6 is 11.6 Å². The second-order valence-corrected chi connectivity index (χ2v) is 2.81. The standard InChI is InChI=1S/C7H3ClF2N2O3/c8-6-5(12(14)15)3(2-13)1-4(11-6)7(9)10/h1-2,7H. The van der Waals surface area contributed by atoms with E-state index in [0.29, 0.717) is 6.07 Å². The van der Waals surface area contributed by atoms with Gasteiger partial charge in [0.1, 0.15) is 5.69 Å². The van der Waals surface area contributed by atoms with Gasteiger partial charge in [0.2, 0.25) is 5.15 Å². The Morgan fingerprint density at radius 2 is 2.20 bits per heavy atom. The van der Waals surface area contributed by atoms with Gasteiger partial charge in [-0.15, -0.1) is 0 Å². The Labute approximate surface area is 86.8 Å². The van der Waals surface area contributed by atoms with E-state index < -0.39 is 33.4 Å². The molecule has 0 aliphatic carbocycles. The van der Waals surface area contributed by atoms with E-state index in [2.05, 4.69) is 4.98 Å². The summed E-state index contributed by atoms with van der Waals surface area (Å²) in [5.74, 6) is 0. The van der Waals surface area contributed by atoms with Gasteiger partial charge in [0, 0.05) is 0 Å². The number of aldehydes is 1. The molecule has 0 aromatic carbocycles. The van der Waals surface area contributed by atoms with Crippen LogP contribution in [0.15, 0.2) is 6.07 Å². The summed E-state index contributed by atoms with van der Waals surface area (Å²) in [6.07, 6.45) is -2.86. The van der Waals surface area contributed by atoms with Gasteiger partial charge in [0.25, 0.3) is 6.43 Å². The summed E-state index contributed by atoms with van der Waals surface area (Å²) in [5, 5.41) is 9.70. The van der Waals surface area contributed by atoms with Crippen LogP contribution in [0.25, 0.3) is 0 Å². The van der Waals surface area contributed by atoms with Gasteiger partial charge < -0.3 is 0 Å². The molecule has 0 bridgehead atoms. The quantitative estimate of drug-likeness (QED) is 0.350. The number of hydrogen-bond donors (Lipinski definition) is 0. The highest BCUT2D eigenvalue weighted by molar-refractivity contribution is 6.32. The summed E-state index contributed by atoms with van der Waals surface area (Å²) < 4.78 is 24.4. The van der Waals surface area contributed by atoms with Crippen molar-refractivity contribution in [3.8, 4) is 0 Å². The first kappa shape index (κ1) is 11.4. The molecule has 0 unspecified atom stereocenters. The van der Waals surface area contributed by atoms with E-state index in [1.54, 1.807) is 0 Å². The largest absolute Gasteiger partial charge is 0.316 e. The molecule has 0 aliphatic heterocycles. The van der Waals surface area contributed by atoms with Crippen molar-refractivity contribution in [1.29, 1.82) is 0 Å². The van der Waals surface area contributed by atoms with Crippen LogP contribution in [-0.4, -0.2) is 16.2 Å². The van der Waals surface area contributed by atoms with Crippen molar-refractivity contribution in [2.24, 2.45) is 0 Å². The Morgan fingerprint density at radius 1 is 1.60 bits per heavy atom. The molecule has 8 heteroatoms. The second-order valence-electron chi connectivity index (χ2n) is 2.45. The third kappa shape index (κ3) is 2.24. The molecule has 5 nitrogen and oxygen atoms in total. The normalized spacial score (nSPS) is 10.4. The van der Waals surface area contributed by atoms with Crippen molar-refractivity contribution in [2.45, 2.75) is 6.43 Å². The summed E-state index contributed by atoms with van der Waals surface area (Å²) in [5.41, 5.74) is -2.06. The fraction of sp³-hybridized carbons (Fsp3) is 0.143. The highest BCUT2D eigenvalue weighted by Gasteiger charge is 2.23. The maximum Gasteiger partial charge on any atom is 0.316 e. The number of aromatic nitrogens is 1. The first-order valence-corrected chi connectivity index (χ1v) is 3.93. The zero-order valence-corrected chi connectivity index (χ0v) is 7.74. The smallest absolute Gasteiger partial charge is 0.298 e. The lowest BCUT2D eigenvalue weighted by atomic mass is 10.2. The third-order valence-electron chi connectivity index (χ3n) is 1.53. The number of hydrogen-bond acceptors (Lipinski definition) is 4. The van der Waals surface area contributed by atoms with Gasteiger partial charge in [0.05, 0.1) is 10.5 Å². The van der Waals surface area contributed by atoms with Crippen LogP contribution in [0.4, 0.5) is 14.5 Å². The molecule has 1 aromatic heterocycles. The van der Waals surface area contributed by atoms with Crippen molar-refractivity contribution in [1.82, 2.24) is 4.98 Å². The topological polar surface area (TPSA) is 73.1 Å². The average molecular weight is 237 g/mol. The first-order chi connectivity index (χ1) is 6.97. The number of carbonyl (C=O) groups is 1. The van der Waals surface area contributed by atoms with E-state index in [1.807, 2.05) is 0 Å². The minimum Gasteiger partial charge on any atom is -0.298 e. The molecule has 1 rings (SSSR count). The molecule has 0 atom stereocenters. The van der Waals surface area contributed by atoms with Gasteiger partial charge in [-0.05, 0) is 6.07 Å². The Kier molecular flexibility index (Phi) is 3.25. The summed E-state index contributed by atoms with van der Waals surface area (Å²) in [4.78, 5) is 23.0. The summed E-state index contributed by atoms with van der Waals surface area (Å²) in [6, 6.07) is 0.641. The van der Waals surface area contributed by atoms with Gasteiger partial charge in [-0.2, -0.15) is 0 Å². The number of alkyl halides is 2. The minimum absolute atomic E-state index is 0.0809. The van der Waals surface area contributed by atoms with Crippen LogP contribution in [0.5, 0.6) is 0 Å². The molecule has 0 aliphatic rings. The molecule has 0 fully saturated rings. The molecule has 80 valence electrons. The summed E-state index contributed by atoms with van der Waals surface area (Å²) in [6.45, 7) is 0. The highest BCUT2D eigenvalue weighted by Crippen LogP contribution is 2.29. The van der Waals surface area contributed by atoms with Crippen LogP contribution in [0.2, 0.25) is 5.15 Å². The van der Waals surface area contributed by atoms with Gasteiger partial charge in [0.15, 0.2) is 6.29 Å². The number of nitrogens with zero attached hydrogens (tertiary/aromatic N) is 2. The van der Waals surface area contributed by atoms with Crippen molar-refractivity contribution in [3.05, 3.63) is 32.6 Å². The van der Waals surface area contributed by atoms with Gasteiger partial charge in [-0.3, -0.25) is 14.9 Å². The summed E-state index contributed by atoms with van der Waals surface area (Å²) in [7, 11) is 0. The molecule has 0 amide bonds. The number of pyridine rings is 1. The first-order valence-electron chi connectivity index (χ1n) is 3.55.